The van der Waals surface area contributed by atoms with Crippen LogP contribution in [0.5, 0.6) is 0 Å². The van der Waals surface area contributed by atoms with Gasteiger partial charge in [-0.3, -0.25) is 19.2 Å². The predicted molar refractivity (Wildman–Crippen MR) is 121 cm³/mol. The van der Waals surface area contributed by atoms with Crippen molar-refractivity contribution >= 4 is 35.8 Å². The van der Waals surface area contributed by atoms with Crippen molar-refractivity contribution in [1.29, 1.82) is 0 Å². The van der Waals surface area contributed by atoms with Crippen LogP contribution in [-0.4, -0.2) is 72.5 Å². The van der Waals surface area contributed by atoms with E-state index in [0.717, 1.165) is 0 Å². The fraction of sp³-hybridized carbons (Fsp3) is 0.500. The Bertz CT molecular complexity index is 818. The standard InChI is InChI=1S/C24H30O12/c25-19(26)5-1-3-7-21(29)33-13-15-35-23(31)17-9-11-18(12-10-17)24(32)36-16-14-34-22(30)8-4-2-6-20(27)28/h9-12H,1-8,13-16H2,(H,25,26)(H,27,28). The number of ether oxygens (including phenoxy) is 4. The van der Waals surface area contributed by atoms with E-state index in [2.05, 4.69) is 0 Å². The number of carbonyl (C=O) groups is 6. The quantitative estimate of drug-likeness (QED) is 0.167. The highest BCUT2D eigenvalue weighted by atomic mass is 16.6. The van der Waals surface area contributed by atoms with Crippen molar-refractivity contribution in [2.24, 2.45) is 0 Å². The van der Waals surface area contributed by atoms with E-state index in [1.54, 1.807) is 0 Å². The third kappa shape index (κ3) is 14.3. The van der Waals surface area contributed by atoms with Gasteiger partial charge in [0.05, 0.1) is 11.1 Å². The van der Waals surface area contributed by atoms with Gasteiger partial charge in [-0.05, 0) is 49.9 Å². The Kier molecular flexibility index (Phi) is 14.6. The second-order valence-corrected chi connectivity index (χ2v) is 7.49. The van der Waals surface area contributed by atoms with Crippen LogP contribution >= 0.6 is 0 Å². The molecule has 1 aromatic rings. The molecule has 198 valence electrons. The summed E-state index contributed by atoms with van der Waals surface area (Å²) in [6.45, 7) is -0.606. The first-order valence-electron chi connectivity index (χ1n) is 11.4. The molecule has 1 aromatic carbocycles. The molecule has 0 saturated carbocycles. The molecule has 0 spiro atoms. The molecule has 0 fully saturated rings. The fourth-order valence-corrected chi connectivity index (χ4v) is 2.72. The van der Waals surface area contributed by atoms with Crippen molar-refractivity contribution in [3.05, 3.63) is 35.4 Å². The van der Waals surface area contributed by atoms with E-state index in [0.29, 0.717) is 25.7 Å². The van der Waals surface area contributed by atoms with Gasteiger partial charge in [-0.2, -0.15) is 0 Å². The fourth-order valence-electron chi connectivity index (χ4n) is 2.72. The van der Waals surface area contributed by atoms with E-state index in [1.165, 1.54) is 24.3 Å². The molecular weight excluding hydrogens is 480 g/mol. The van der Waals surface area contributed by atoms with Crippen LogP contribution in [0.2, 0.25) is 0 Å². The van der Waals surface area contributed by atoms with Gasteiger partial charge in [-0.15, -0.1) is 0 Å². The zero-order valence-corrected chi connectivity index (χ0v) is 19.8. The molecule has 0 radical (unpaired) electrons. The molecule has 0 aromatic heterocycles. The summed E-state index contributed by atoms with van der Waals surface area (Å²) >= 11 is 0. The lowest BCUT2D eigenvalue weighted by Crippen LogP contribution is -2.15. The Morgan fingerprint density at radius 3 is 1.14 bits per heavy atom. The lowest BCUT2D eigenvalue weighted by atomic mass is 10.1. The molecule has 0 atom stereocenters. The first-order valence-corrected chi connectivity index (χ1v) is 11.4. The van der Waals surface area contributed by atoms with Gasteiger partial charge in [0, 0.05) is 25.7 Å². The van der Waals surface area contributed by atoms with Crippen molar-refractivity contribution in [1.82, 2.24) is 0 Å². The van der Waals surface area contributed by atoms with E-state index in [9.17, 15) is 28.8 Å². The molecule has 0 aliphatic heterocycles. The van der Waals surface area contributed by atoms with Gasteiger partial charge in [-0.1, -0.05) is 0 Å². The van der Waals surface area contributed by atoms with E-state index >= 15 is 0 Å². The van der Waals surface area contributed by atoms with Crippen LogP contribution in [0.4, 0.5) is 0 Å². The average molecular weight is 510 g/mol. The number of carboxylic acid groups (broad SMARTS) is 2. The van der Waals surface area contributed by atoms with Crippen LogP contribution in [-0.2, 0) is 38.1 Å². The molecule has 0 saturated heterocycles. The SMILES string of the molecule is O=C(O)CCCCC(=O)OCCOC(=O)c1ccc(C(=O)OCCOC(=O)CCCCC(=O)O)cc1. The molecule has 0 amide bonds. The number of benzene rings is 1. The highest BCUT2D eigenvalue weighted by Crippen LogP contribution is 2.08. The number of hydrogen-bond donors (Lipinski definition) is 2. The third-order valence-electron chi connectivity index (χ3n) is 4.56. The number of rotatable bonds is 18. The molecule has 0 unspecified atom stereocenters. The molecule has 2 N–H and O–H groups in total. The molecule has 0 aliphatic rings. The van der Waals surface area contributed by atoms with Gasteiger partial charge in [-0.25, -0.2) is 9.59 Å². The average Bonchev–Trinajstić information content (AvgIpc) is 2.84. The zero-order valence-electron chi connectivity index (χ0n) is 19.8. The van der Waals surface area contributed by atoms with E-state index in [1.807, 2.05) is 0 Å². The van der Waals surface area contributed by atoms with E-state index < -0.39 is 35.8 Å². The van der Waals surface area contributed by atoms with Crippen LogP contribution in [0.25, 0.3) is 0 Å². The van der Waals surface area contributed by atoms with Crippen molar-refractivity contribution in [3.63, 3.8) is 0 Å². The summed E-state index contributed by atoms with van der Waals surface area (Å²) in [5.41, 5.74) is 0.340. The van der Waals surface area contributed by atoms with Crippen LogP contribution in [0.15, 0.2) is 24.3 Å². The normalized spacial score (nSPS) is 10.2. The molecular formula is C24H30O12. The monoisotopic (exact) mass is 510 g/mol. The predicted octanol–water partition coefficient (Wildman–Crippen LogP) is 2.38. The third-order valence-corrected chi connectivity index (χ3v) is 4.56. The molecule has 12 heteroatoms. The number of aliphatic carboxylic acids is 2. The minimum Gasteiger partial charge on any atom is -0.481 e. The van der Waals surface area contributed by atoms with Gasteiger partial charge in [0.25, 0.3) is 0 Å². The Balaban J connectivity index is 2.21. The molecule has 0 bridgehead atoms. The van der Waals surface area contributed by atoms with Crippen molar-refractivity contribution < 1.29 is 57.9 Å². The molecule has 12 nitrogen and oxygen atoms in total. The second kappa shape index (κ2) is 17.5. The lowest BCUT2D eigenvalue weighted by Gasteiger charge is -2.08. The number of hydrogen-bond acceptors (Lipinski definition) is 10. The van der Waals surface area contributed by atoms with Crippen LogP contribution < -0.4 is 0 Å². The van der Waals surface area contributed by atoms with Gasteiger partial charge in [0.15, 0.2) is 0 Å². The topological polar surface area (TPSA) is 180 Å². The molecule has 0 heterocycles. The van der Waals surface area contributed by atoms with Crippen molar-refractivity contribution in [2.75, 3.05) is 26.4 Å². The van der Waals surface area contributed by atoms with Gasteiger partial charge in [0.2, 0.25) is 0 Å². The van der Waals surface area contributed by atoms with Crippen molar-refractivity contribution in [3.8, 4) is 0 Å². The van der Waals surface area contributed by atoms with Gasteiger partial charge >= 0.3 is 35.8 Å². The molecule has 1 rings (SSSR count). The summed E-state index contributed by atoms with van der Waals surface area (Å²) in [6, 6.07) is 5.46. The molecule has 0 aliphatic carbocycles. The summed E-state index contributed by atoms with van der Waals surface area (Å²) in [4.78, 5) is 67.9. The summed E-state index contributed by atoms with van der Waals surface area (Å²) in [7, 11) is 0. The van der Waals surface area contributed by atoms with Gasteiger partial charge in [0.1, 0.15) is 26.4 Å². The van der Waals surface area contributed by atoms with Gasteiger partial charge < -0.3 is 29.2 Å². The highest BCUT2D eigenvalue weighted by Gasteiger charge is 2.12. The summed E-state index contributed by atoms with van der Waals surface area (Å²) in [5.74, 6) is -4.23. The van der Waals surface area contributed by atoms with E-state index in [4.69, 9.17) is 29.2 Å². The summed E-state index contributed by atoms with van der Waals surface area (Å²) in [5, 5.41) is 17.1. The van der Waals surface area contributed by atoms with Crippen LogP contribution in [0.1, 0.15) is 72.1 Å². The Morgan fingerprint density at radius 1 is 0.500 bits per heavy atom. The first kappa shape index (κ1) is 30.1. The summed E-state index contributed by atoms with van der Waals surface area (Å²) in [6.07, 6.45) is 1.64. The minimum atomic E-state index is -0.929. The van der Waals surface area contributed by atoms with Crippen LogP contribution in [0.3, 0.4) is 0 Å². The number of carbonyl (C=O) groups excluding carboxylic acids is 4. The smallest absolute Gasteiger partial charge is 0.338 e. The molecule has 36 heavy (non-hydrogen) atoms. The lowest BCUT2D eigenvalue weighted by molar-refractivity contribution is -0.145. The van der Waals surface area contributed by atoms with E-state index in [-0.39, 0.29) is 63.2 Å². The zero-order chi connectivity index (χ0) is 26.8. The maximum Gasteiger partial charge on any atom is 0.338 e. The Hall–Kier alpha value is -3.96. The summed E-state index contributed by atoms with van der Waals surface area (Å²) < 4.78 is 19.8. The largest absolute Gasteiger partial charge is 0.481 e. The first-order chi connectivity index (χ1) is 17.2. The number of esters is 4. The Morgan fingerprint density at radius 2 is 0.806 bits per heavy atom. The second-order valence-electron chi connectivity index (χ2n) is 7.49. The number of unbranched alkanes of at least 4 members (excludes halogenated alkanes) is 2. The van der Waals surface area contributed by atoms with Crippen molar-refractivity contribution in [2.45, 2.75) is 51.4 Å². The maximum absolute atomic E-state index is 12.0. The maximum atomic E-state index is 12.0. The Labute approximate surface area is 207 Å². The highest BCUT2D eigenvalue weighted by molar-refractivity contribution is 5.93. The number of carboxylic acids is 2. The minimum absolute atomic E-state index is 0.0182. The van der Waals surface area contributed by atoms with Crippen LogP contribution in [0, 0.1) is 0 Å².